The number of carbonyl (C=O) groups excluding carboxylic acids is 1. The van der Waals surface area contributed by atoms with Crippen molar-refractivity contribution in [2.75, 3.05) is 5.32 Å². The van der Waals surface area contributed by atoms with Crippen LogP contribution in [0.5, 0.6) is 0 Å². The van der Waals surface area contributed by atoms with Gasteiger partial charge in [-0.25, -0.2) is 8.78 Å². The Balaban J connectivity index is 1.93. The smallest absolute Gasteiger partial charge is 0.247 e. The molecule has 0 saturated heterocycles. The monoisotopic (exact) mass is 426 g/mol. The van der Waals surface area contributed by atoms with E-state index in [9.17, 15) is 4.79 Å². The molecular weight excluding hydrogens is 394 g/mol. The van der Waals surface area contributed by atoms with E-state index in [2.05, 4.69) is 10.6 Å². The van der Waals surface area contributed by atoms with Crippen molar-refractivity contribution in [2.24, 2.45) is 0 Å². The molecule has 1 aliphatic rings. The quantitative estimate of drug-likeness (QED) is 0.516. The molecule has 1 fully saturated rings. The molecule has 0 aliphatic heterocycles. The summed E-state index contributed by atoms with van der Waals surface area (Å²) in [7, 11) is 0. The summed E-state index contributed by atoms with van der Waals surface area (Å²) in [6.45, 7) is 8.44. The molecular formula is C26H32F2N2O. The fourth-order valence-corrected chi connectivity index (χ4v) is 4.16. The lowest BCUT2D eigenvalue weighted by Gasteiger charge is -2.17. The Hall–Kier alpha value is -2.69. The number of anilines is 1. The molecule has 0 spiro atoms. The van der Waals surface area contributed by atoms with Gasteiger partial charge in [0.25, 0.3) is 0 Å². The topological polar surface area (TPSA) is 41.1 Å². The Morgan fingerprint density at radius 3 is 2.23 bits per heavy atom. The standard InChI is InChI=1S/C26H32F2N2O/c1-15(2)29-26(31)16(3)14-22-17(4)25(28)23(18(5)24(22)27)19-10-12-21(13-11-19)30-20-8-6-7-9-20/h10-15,20,30H,6-9H2,1-5H3,(H,29,31)/b16-14+. The molecule has 0 bridgehead atoms. The van der Waals surface area contributed by atoms with E-state index >= 15 is 8.78 Å². The van der Waals surface area contributed by atoms with Gasteiger partial charge in [0, 0.05) is 34.5 Å². The highest BCUT2D eigenvalue weighted by molar-refractivity contribution is 5.97. The Morgan fingerprint density at radius 2 is 1.65 bits per heavy atom. The summed E-state index contributed by atoms with van der Waals surface area (Å²) < 4.78 is 30.6. The van der Waals surface area contributed by atoms with Gasteiger partial charge in [-0.3, -0.25) is 4.79 Å². The summed E-state index contributed by atoms with van der Waals surface area (Å²) in [6, 6.07) is 7.97. The Bertz CT molecular complexity index is 958. The number of amides is 1. The van der Waals surface area contributed by atoms with Crippen LogP contribution in [0.25, 0.3) is 17.2 Å². The van der Waals surface area contributed by atoms with Crippen molar-refractivity contribution in [1.29, 1.82) is 0 Å². The van der Waals surface area contributed by atoms with E-state index in [1.807, 2.05) is 38.1 Å². The van der Waals surface area contributed by atoms with E-state index in [4.69, 9.17) is 0 Å². The third-order valence-corrected chi connectivity index (χ3v) is 5.93. The van der Waals surface area contributed by atoms with E-state index in [0.717, 1.165) is 5.69 Å². The van der Waals surface area contributed by atoms with Gasteiger partial charge in [-0.15, -0.1) is 0 Å². The van der Waals surface area contributed by atoms with Crippen LogP contribution in [0.2, 0.25) is 0 Å². The second kappa shape index (κ2) is 9.63. The van der Waals surface area contributed by atoms with Crippen molar-refractivity contribution in [3.8, 4) is 11.1 Å². The van der Waals surface area contributed by atoms with E-state index in [0.29, 0.717) is 17.2 Å². The maximum absolute atomic E-state index is 15.4. The number of nitrogens with one attached hydrogen (secondary N) is 2. The first-order valence-corrected chi connectivity index (χ1v) is 11.0. The van der Waals surface area contributed by atoms with Crippen molar-refractivity contribution in [1.82, 2.24) is 5.32 Å². The summed E-state index contributed by atoms with van der Waals surface area (Å²) >= 11 is 0. The number of halogens is 2. The largest absolute Gasteiger partial charge is 0.382 e. The van der Waals surface area contributed by atoms with Gasteiger partial charge in [0.15, 0.2) is 0 Å². The molecule has 31 heavy (non-hydrogen) atoms. The number of hydrogen-bond acceptors (Lipinski definition) is 2. The highest BCUT2D eigenvalue weighted by Crippen LogP contribution is 2.35. The maximum Gasteiger partial charge on any atom is 0.247 e. The lowest BCUT2D eigenvalue weighted by Crippen LogP contribution is -2.30. The van der Waals surface area contributed by atoms with Crippen LogP contribution in [-0.4, -0.2) is 18.0 Å². The molecule has 0 radical (unpaired) electrons. The fraction of sp³-hybridized carbons (Fsp3) is 0.423. The van der Waals surface area contributed by atoms with Gasteiger partial charge in [-0.05, 0) is 82.4 Å². The van der Waals surface area contributed by atoms with E-state index < -0.39 is 11.6 Å². The third kappa shape index (κ3) is 5.15. The van der Waals surface area contributed by atoms with Gasteiger partial charge in [-0.1, -0.05) is 25.0 Å². The lowest BCUT2D eigenvalue weighted by atomic mass is 9.92. The normalized spacial score (nSPS) is 14.9. The minimum Gasteiger partial charge on any atom is -0.382 e. The van der Waals surface area contributed by atoms with Gasteiger partial charge in [0.2, 0.25) is 5.91 Å². The second-order valence-electron chi connectivity index (χ2n) is 8.83. The van der Waals surface area contributed by atoms with E-state index in [1.165, 1.54) is 31.8 Å². The minimum atomic E-state index is -0.501. The summed E-state index contributed by atoms with van der Waals surface area (Å²) in [4.78, 5) is 12.2. The van der Waals surface area contributed by atoms with Gasteiger partial charge in [-0.2, -0.15) is 0 Å². The lowest BCUT2D eigenvalue weighted by molar-refractivity contribution is -0.117. The second-order valence-corrected chi connectivity index (χ2v) is 8.83. The molecule has 3 rings (SSSR count). The molecule has 2 N–H and O–H groups in total. The van der Waals surface area contributed by atoms with E-state index in [1.54, 1.807) is 20.8 Å². The van der Waals surface area contributed by atoms with Crippen LogP contribution in [0.1, 0.15) is 63.1 Å². The number of hydrogen-bond donors (Lipinski definition) is 2. The zero-order chi connectivity index (χ0) is 22.7. The average molecular weight is 427 g/mol. The first kappa shape index (κ1) is 23.0. The summed E-state index contributed by atoms with van der Waals surface area (Å²) in [5.74, 6) is -1.25. The number of benzene rings is 2. The number of rotatable bonds is 6. The van der Waals surface area contributed by atoms with Gasteiger partial charge in [0.05, 0.1) is 0 Å². The maximum atomic E-state index is 15.4. The van der Waals surface area contributed by atoms with Crippen molar-refractivity contribution in [2.45, 2.75) is 72.4 Å². The highest BCUT2D eigenvalue weighted by atomic mass is 19.1. The summed E-state index contributed by atoms with van der Waals surface area (Å²) in [6.07, 6.45) is 6.26. The first-order chi connectivity index (χ1) is 14.7. The molecule has 1 aliphatic carbocycles. The van der Waals surface area contributed by atoms with Crippen LogP contribution in [0.4, 0.5) is 14.5 Å². The van der Waals surface area contributed by atoms with Crippen molar-refractivity contribution in [3.63, 3.8) is 0 Å². The molecule has 0 unspecified atom stereocenters. The molecule has 2 aromatic rings. The summed E-state index contributed by atoms with van der Waals surface area (Å²) in [5.41, 5.74) is 2.80. The molecule has 166 valence electrons. The van der Waals surface area contributed by atoms with Gasteiger partial charge in [0.1, 0.15) is 11.6 Å². The molecule has 0 aromatic heterocycles. The van der Waals surface area contributed by atoms with Crippen LogP contribution >= 0.6 is 0 Å². The highest BCUT2D eigenvalue weighted by Gasteiger charge is 2.21. The summed E-state index contributed by atoms with van der Waals surface area (Å²) in [5, 5.41) is 6.28. The van der Waals surface area contributed by atoms with Crippen LogP contribution in [-0.2, 0) is 4.79 Å². The third-order valence-electron chi connectivity index (χ3n) is 5.93. The van der Waals surface area contributed by atoms with E-state index in [-0.39, 0.29) is 34.2 Å². The molecule has 1 amide bonds. The first-order valence-electron chi connectivity index (χ1n) is 11.0. The van der Waals surface area contributed by atoms with Crippen molar-refractivity contribution < 1.29 is 13.6 Å². The zero-order valence-corrected chi connectivity index (χ0v) is 19.0. The Labute approximate surface area is 183 Å². The molecule has 0 atom stereocenters. The van der Waals surface area contributed by atoms with Crippen LogP contribution in [0.15, 0.2) is 29.8 Å². The zero-order valence-electron chi connectivity index (χ0n) is 19.0. The molecule has 1 saturated carbocycles. The number of carbonyl (C=O) groups is 1. The van der Waals surface area contributed by atoms with Gasteiger partial charge >= 0.3 is 0 Å². The van der Waals surface area contributed by atoms with Crippen molar-refractivity contribution >= 4 is 17.7 Å². The predicted octanol–water partition coefficient (Wildman–Crippen LogP) is 6.53. The van der Waals surface area contributed by atoms with Gasteiger partial charge < -0.3 is 10.6 Å². The average Bonchev–Trinajstić information content (AvgIpc) is 3.23. The predicted molar refractivity (Wildman–Crippen MR) is 124 cm³/mol. The molecule has 3 nitrogen and oxygen atoms in total. The Morgan fingerprint density at radius 1 is 1.03 bits per heavy atom. The van der Waals surface area contributed by atoms with Crippen LogP contribution in [0.3, 0.4) is 0 Å². The molecule has 2 aromatic carbocycles. The van der Waals surface area contributed by atoms with Crippen LogP contribution < -0.4 is 10.6 Å². The molecule has 0 heterocycles. The van der Waals surface area contributed by atoms with Crippen molar-refractivity contribution in [3.05, 3.63) is 58.2 Å². The fourth-order valence-electron chi connectivity index (χ4n) is 4.16. The SMILES string of the molecule is C/C(=C\c1c(C)c(F)c(-c2ccc(NC3CCCC3)cc2)c(C)c1F)C(=O)NC(C)C. The minimum absolute atomic E-state index is 0.0335. The van der Waals surface area contributed by atoms with Crippen LogP contribution in [0, 0.1) is 25.5 Å². The Kier molecular flexibility index (Phi) is 7.14. The molecule has 5 heteroatoms.